The van der Waals surface area contributed by atoms with E-state index in [0.29, 0.717) is 6.54 Å². The number of aliphatic carboxylic acids is 1. The first-order chi connectivity index (χ1) is 10.1. The van der Waals surface area contributed by atoms with Crippen LogP contribution in [-0.2, 0) is 16.1 Å². The van der Waals surface area contributed by atoms with Crippen LogP contribution in [0.5, 0.6) is 0 Å². The molecule has 1 aromatic carbocycles. The molecule has 1 aromatic rings. The molecule has 1 heterocycles. The number of amides is 1. The summed E-state index contributed by atoms with van der Waals surface area (Å²) >= 11 is 0. The Bertz CT molecular complexity index is 490. The van der Waals surface area contributed by atoms with Crippen LogP contribution in [0.25, 0.3) is 0 Å². The lowest BCUT2D eigenvalue weighted by molar-refractivity contribution is -0.146. The summed E-state index contributed by atoms with van der Waals surface area (Å²) in [7, 11) is 1.56. The highest BCUT2D eigenvalue weighted by Gasteiger charge is 2.28. The molecule has 1 atom stereocenters. The molecule has 5 heteroatoms. The summed E-state index contributed by atoms with van der Waals surface area (Å²) in [4.78, 5) is 26.6. The maximum Gasteiger partial charge on any atom is 0.323 e. The third-order valence-corrected chi connectivity index (χ3v) is 3.85. The van der Waals surface area contributed by atoms with E-state index in [2.05, 4.69) is 17.0 Å². The number of rotatable bonds is 5. The topological polar surface area (TPSA) is 60.9 Å². The molecule has 5 nitrogen and oxygen atoms in total. The van der Waals surface area contributed by atoms with E-state index in [0.717, 1.165) is 25.9 Å². The van der Waals surface area contributed by atoms with E-state index in [9.17, 15) is 9.59 Å². The van der Waals surface area contributed by atoms with Gasteiger partial charge in [0.1, 0.15) is 6.54 Å². The zero-order chi connectivity index (χ0) is 15.2. The summed E-state index contributed by atoms with van der Waals surface area (Å²) in [5, 5.41) is 8.77. The van der Waals surface area contributed by atoms with E-state index < -0.39 is 5.97 Å². The van der Waals surface area contributed by atoms with Crippen molar-refractivity contribution < 1.29 is 14.7 Å². The first kappa shape index (κ1) is 15.5. The number of benzene rings is 1. The maximum absolute atomic E-state index is 12.3. The standard InChI is InChI=1S/C16H22N2O3/c1-17(12-15(19)20)16(21)14-8-5-9-18(11-14)10-13-6-3-2-4-7-13/h2-4,6-7,14H,5,8-12H2,1H3,(H,19,20). The van der Waals surface area contributed by atoms with Crippen molar-refractivity contribution in [2.24, 2.45) is 5.92 Å². The van der Waals surface area contributed by atoms with Crippen molar-refractivity contribution in [2.45, 2.75) is 19.4 Å². The number of hydrogen-bond acceptors (Lipinski definition) is 3. The Kier molecular flexibility index (Phi) is 5.33. The van der Waals surface area contributed by atoms with Crippen LogP contribution in [0.1, 0.15) is 18.4 Å². The van der Waals surface area contributed by atoms with Gasteiger partial charge in [-0.15, -0.1) is 0 Å². The first-order valence-corrected chi connectivity index (χ1v) is 7.29. The van der Waals surface area contributed by atoms with Gasteiger partial charge in [-0.25, -0.2) is 0 Å². The van der Waals surface area contributed by atoms with Crippen LogP contribution in [-0.4, -0.2) is 53.5 Å². The monoisotopic (exact) mass is 290 g/mol. The van der Waals surface area contributed by atoms with Crippen LogP contribution >= 0.6 is 0 Å². The molecule has 0 saturated carbocycles. The van der Waals surface area contributed by atoms with E-state index in [1.807, 2.05) is 18.2 Å². The average Bonchev–Trinajstić information content (AvgIpc) is 2.47. The summed E-state index contributed by atoms with van der Waals surface area (Å²) in [5.74, 6) is -1.12. The zero-order valence-corrected chi connectivity index (χ0v) is 12.4. The largest absolute Gasteiger partial charge is 0.480 e. The molecule has 0 bridgehead atoms. The fourth-order valence-corrected chi connectivity index (χ4v) is 2.83. The molecule has 0 aromatic heterocycles. The van der Waals surface area contributed by atoms with E-state index >= 15 is 0 Å². The van der Waals surface area contributed by atoms with Gasteiger partial charge in [0, 0.05) is 20.1 Å². The number of nitrogens with zero attached hydrogens (tertiary/aromatic N) is 2. The molecule has 1 aliphatic heterocycles. The Morgan fingerprint density at radius 3 is 2.71 bits per heavy atom. The van der Waals surface area contributed by atoms with Crippen molar-refractivity contribution in [2.75, 3.05) is 26.7 Å². The number of carboxylic acids is 1. The lowest BCUT2D eigenvalue weighted by Crippen LogP contribution is -2.44. The first-order valence-electron chi connectivity index (χ1n) is 7.29. The number of likely N-dealkylation sites (tertiary alicyclic amines) is 1. The van der Waals surface area contributed by atoms with Crippen LogP contribution in [0.3, 0.4) is 0 Å². The predicted octanol–water partition coefficient (Wildman–Crippen LogP) is 1.44. The predicted molar refractivity (Wildman–Crippen MR) is 79.7 cm³/mol. The Balaban J connectivity index is 1.91. The molecule has 0 aliphatic carbocycles. The van der Waals surface area contributed by atoms with Crippen molar-refractivity contribution in [1.29, 1.82) is 0 Å². The summed E-state index contributed by atoms with van der Waals surface area (Å²) < 4.78 is 0. The number of carboxylic acid groups (broad SMARTS) is 1. The van der Waals surface area contributed by atoms with Crippen molar-refractivity contribution in [3.8, 4) is 0 Å². The molecule has 1 saturated heterocycles. The second-order valence-electron chi connectivity index (χ2n) is 5.65. The average molecular weight is 290 g/mol. The lowest BCUT2D eigenvalue weighted by Gasteiger charge is -2.33. The van der Waals surface area contributed by atoms with E-state index in [4.69, 9.17) is 5.11 Å². The molecule has 1 amide bonds. The molecule has 1 aliphatic rings. The summed E-state index contributed by atoms with van der Waals surface area (Å²) in [6, 6.07) is 10.2. The van der Waals surface area contributed by atoms with E-state index in [1.165, 1.54) is 10.5 Å². The second kappa shape index (κ2) is 7.22. The quantitative estimate of drug-likeness (QED) is 0.891. The van der Waals surface area contributed by atoms with Crippen molar-refractivity contribution in [3.63, 3.8) is 0 Å². The minimum Gasteiger partial charge on any atom is -0.480 e. The van der Waals surface area contributed by atoms with Gasteiger partial charge in [0.05, 0.1) is 5.92 Å². The Morgan fingerprint density at radius 2 is 2.05 bits per heavy atom. The molecular formula is C16H22N2O3. The maximum atomic E-state index is 12.3. The molecule has 21 heavy (non-hydrogen) atoms. The fourth-order valence-electron chi connectivity index (χ4n) is 2.83. The van der Waals surface area contributed by atoms with Gasteiger partial charge in [-0.2, -0.15) is 0 Å². The molecule has 2 rings (SSSR count). The third kappa shape index (κ3) is 4.56. The number of likely N-dealkylation sites (N-methyl/N-ethyl adjacent to an activating group) is 1. The van der Waals surface area contributed by atoms with Gasteiger partial charge >= 0.3 is 5.97 Å². The van der Waals surface area contributed by atoms with Gasteiger partial charge in [-0.05, 0) is 24.9 Å². The van der Waals surface area contributed by atoms with Crippen LogP contribution in [0.4, 0.5) is 0 Å². The summed E-state index contributed by atoms with van der Waals surface area (Å²) in [5.41, 5.74) is 1.24. The fraction of sp³-hybridized carbons (Fsp3) is 0.500. The minimum absolute atomic E-state index is 0.0600. The van der Waals surface area contributed by atoms with Gasteiger partial charge in [-0.3, -0.25) is 14.5 Å². The lowest BCUT2D eigenvalue weighted by atomic mass is 9.96. The van der Waals surface area contributed by atoms with E-state index in [1.54, 1.807) is 7.05 Å². The number of carbonyl (C=O) groups is 2. The molecule has 0 radical (unpaired) electrons. The highest BCUT2D eigenvalue weighted by molar-refractivity contribution is 5.83. The highest BCUT2D eigenvalue weighted by atomic mass is 16.4. The number of hydrogen-bond donors (Lipinski definition) is 1. The van der Waals surface area contributed by atoms with E-state index in [-0.39, 0.29) is 18.4 Å². The molecule has 1 N–H and O–H groups in total. The minimum atomic E-state index is -0.970. The molecule has 0 spiro atoms. The Morgan fingerprint density at radius 1 is 1.33 bits per heavy atom. The van der Waals surface area contributed by atoms with Crippen molar-refractivity contribution in [3.05, 3.63) is 35.9 Å². The summed E-state index contributed by atoms with van der Waals surface area (Å²) in [6.45, 7) is 2.31. The second-order valence-corrected chi connectivity index (χ2v) is 5.65. The zero-order valence-electron chi connectivity index (χ0n) is 12.4. The Hall–Kier alpha value is -1.88. The van der Waals surface area contributed by atoms with Crippen molar-refractivity contribution >= 4 is 11.9 Å². The third-order valence-electron chi connectivity index (χ3n) is 3.85. The SMILES string of the molecule is CN(CC(=O)O)C(=O)C1CCCN(Cc2ccccc2)C1. The van der Waals surface area contributed by atoms with Crippen LogP contribution < -0.4 is 0 Å². The normalized spacial score (nSPS) is 19.2. The van der Waals surface area contributed by atoms with Gasteiger partial charge in [-0.1, -0.05) is 30.3 Å². The van der Waals surface area contributed by atoms with Crippen LogP contribution in [0, 0.1) is 5.92 Å². The van der Waals surface area contributed by atoms with Gasteiger partial charge in [0.2, 0.25) is 5.91 Å². The highest BCUT2D eigenvalue weighted by Crippen LogP contribution is 2.20. The van der Waals surface area contributed by atoms with Gasteiger partial charge in [0.15, 0.2) is 0 Å². The van der Waals surface area contributed by atoms with Crippen LogP contribution in [0.15, 0.2) is 30.3 Å². The molecular weight excluding hydrogens is 268 g/mol. The molecule has 114 valence electrons. The smallest absolute Gasteiger partial charge is 0.323 e. The van der Waals surface area contributed by atoms with Gasteiger partial charge < -0.3 is 10.0 Å². The number of carbonyl (C=O) groups excluding carboxylic acids is 1. The number of piperidine rings is 1. The van der Waals surface area contributed by atoms with Gasteiger partial charge in [0.25, 0.3) is 0 Å². The molecule has 1 unspecified atom stereocenters. The van der Waals surface area contributed by atoms with Crippen molar-refractivity contribution in [1.82, 2.24) is 9.80 Å². The van der Waals surface area contributed by atoms with Crippen LogP contribution in [0.2, 0.25) is 0 Å². The Labute approximate surface area is 125 Å². The summed E-state index contributed by atoms with van der Waals surface area (Å²) in [6.07, 6.45) is 1.82. The molecule has 1 fully saturated rings.